The maximum atomic E-state index is 6.39. The first-order valence-corrected chi connectivity index (χ1v) is 9.94. The van der Waals surface area contributed by atoms with Crippen LogP contribution in [-0.4, -0.2) is 21.5 Å². The molecule has 19 heavy (non-hydrogen) atoms. The van der Waals surface area contributed by atoms with E-state index in [2.05, 4.69) is 48.5 Å². The van der Waals surface area contributed by atoms with E-state index in [1.165, 1.54) is 6.42 Å². The van der Waals surface area contributed by atoms with Gasteiger partial charge in [0, 0.05) is 0 Å². The molecule has 0 aliphatic rings. The van der Waals surface area contributed by atoms with Crippen molar-refractivity contribution in [2.24, 2.45) is 0 Å². The molecule has 0 radical (unpaired) electrons. The molecule has 0 N–H and O–H groups in total. The third-order valence-electron chi connectivity index (χ3n) is 3.94. The monoisotopic (exact) mass is 286 g/mol. The Kier molecular flexibility index (Phi) is 9.45. The molecule has 0 heterocycles. The predicted octanol–water partition coefficient (Wildman–Crippen LogP) is 5.51. The van der Waals surface area contributed by atoms with Crippen LogP contribution in [0.5, 0.6) is 0 Å². The Hall–Kier alpha value is -0.283. The van der Waals surface area contributed by atoms with E-state index in [4.69, 9.17) is 9.16 Å². The highest BCUT2D eigenvalue weighted by atomic mass is 28.4. The van der Waals surface area contributed by atoms with E-state index in [1.807, 2.05) is 6.08 Å². The molecule has 0 aromatic carbocycles. The van der Waals surface area contributed by atoms with Crippen LogP contribution in [0.1, 0.15) is 61.3 Å². The first-order chi connectivity index (χ1) is 8.89. The molecule has 0 unspecified atom stereocenters. The Morgan fingerprint density at radius 2 is 1.47 bits per heavy atom. The lowest BCUT2D eigenvalue weighted by Crippen LogP contribution is -2.47. The van der Waals surface area contributed by atoms with E-state index >= 15 is 0 Å². The Morgan fingerprint density at radius 1 is 0.947 bits per heavy atom. The van der Waals surface area contributed by atoms with E-state index in [0.717, 1.165) is 13.0 Å². The summed E-state index contributed by atoms with van der Waals surface area (Å²) in [6.45, 7) is 17.6. The molecule has 114 valence electrons. The molecule has 0 amide bonds. The summed E-state index contributed by atoms with van der Waals surface area (Å²) in [6.07, 6.45) is 6.11. The van der Waals surface area contributed by atoms with Crippen LogP contribution >= 0.6 is 0 Å². The van der Waals surface area contributed by atoms with Gasteiger partial charge in [-0.2, -0.15) is 0 Å². The quantitative estimate of drug-likeness (QED) is 0.299. The minimum absolute atomic E-state index is 0.641. The van der Waals surface area contributed by atoms with Gasteiger partial charge in [-0.1, -0.05) is 54.9 Å². The Morgan fingerprint density at radius 3 is 1.89 bits per heavy atom. The summed E-state index contributed by atoms with van der Waals surface area (Å²) in [5.41, 5.74) is 1.92. The molecule has 0 rings (SSSR count). The molecular weight excluding hydrogens is 252 g/mol. The largest absolute Gasteiger partial charge is 0.501 e. The van der Waals surface area contributed by atoms with Crippen molar-refractivity contribution in [2.45, 2.75) is 77.9 Å². The first kappa shape index (κ1) is 18.7. The van der Waals surface area contributed by atoms with Gasteiger partial charge >= 0.3 is 0 Å². The van der Waals surface area contributed by atoms with Crippen molar-refractivity contribution >= 4 is 8.32 Å². The van der Waals surface area contributed by atoms with Crippen LogP contribution in [0.3, 0.4) is 0 Å². The average molecular weight is 287 g/mol. The molecule has 2 nitrogen and oxygen atoms in total. The van der Waals surface area contributed by atoms with Crippen molar-refractivity contribution in [1.29, 1.82) is 0 Å². The average Bonchev–Trinajstić information content (AvgIpc) is 2.31. The molecule has 0 aliphatic carbocycles. The van der Waals surface area contributed by atoms with Crippen LogP contribution in [0.4, 0.5) is 0 Å². The topological polar surface area (TPSA) is 18.5 Å². The van der Waals surface area contributed by atoms with Crippen molar-refractivity contribution in [3.05, 3.63) is 12.3 Å². The third-order valence-corrected chi connectivity index (χ3v) is 10.0. The van der Waals surface area contributed by atoms with Gasteiger partial charge in [-0.05, 0) is 29.1 Å². The maximum absolute atomic E-state index is 6.39. The van der Waals surface area contributed by atoms with Crippen molar-refractivity contribution in [1.82, 2.24) is 0 Å². The SMILES string of the molecule is CCCCOC=CCO[Si](C(C)C)(C(C)C)C(C)C. The highest BCUT2D eigenvalue weighted by Crippen LogP contribution is 2.42. The summed E-state index contributed by atoms with van der Waals surface area (Å²) in [5.74, 6) is 0. The summed E-state index contributed by atoms with van der Waals surface area (Å²) in [6, 6.07) is 0. The van der Waals surface area contributed by atoms with Gasteiger partial charge < -0.3 is 9.16 Å². The van der Waals surface area contributed by atoms with Crippen molar-refractivity contribution < 1.29 is 9.16 Å². The number of ether oxygens (including phenoxy) is 1. The van der Waals surface area contributed by atoms with Crippen LogP contribution < -0.4 is 0 Å². The van der Waals surface area contributed by atoms with E-state index in [0.29, 0.717) is 23.2 Å². The van der Waals surface area contributed by atoms with Crippen LogP contribution in [0.15, 0.2) is 12.3 Å². The second kappa shape index (κ2) is 9.59. The fraction of sp³-hybridized carbons (Fsp3) is 0.875. The zero-order chi connectivity index (χ0) is 14.9. The van der Waals surface area contributed by atoms with E-state index in [1.54, 1.807) is 6.26 Å². The van der Waals surface area contributed by atoms with Crippen LogP contribution in [0.25, 0.3) is 0 Å². The summed E-state index contributed by atoms with van der Waals surface area (Å²) >= 11 is 0. The number of hydrogen-bond donors (Lipinski definition) is 0. The fourth-order valence-electron chi connectivity index (χ4n) is 3.10. The van der Waals surface area contributed by atoms with E-state index < -0.39 is 8.32 Å². The summed E-state index contributed by atoms with van der Waals surface area (Å²) in [5, 5.41) is 0. The number of rotatable bonds is 10. The lowest BCUT2D eigenvalue weighted by molar-refractivity contribution is 0.238. The molecule has 0 aromatic heterocycles. The maximum Gasteiger partial charge on any atom is 0.200 e. The fourth-order valence-corrected chi connectivity index (χ4v) is 8.48. The Labute approximate surface area is 121 Å². The Bertz CT molecular complexity index is 225. The number of hydrogen-bond acceptors (Lipinski definition) is 2. The number of unbranched alkanes of at least 4 members (excludes halogenated alkanes) is 1. The van der Waals surface area contributed by atoms with Crippen molar-refractivity contribution in [3.63, 3.8) is 0 Å². The third kappa shape index (κ3) is 5.70. The van der Waals surface area contributed by atoms with Crippen molar-refractivity contribution in [3.8, 4) is 0 Å². The minimum Gasteiger partial charge on any atom is -0.501 e. The van der Waals surface area contributed by atoms with Gasteiger partial charge in [-0.3, -0.25) is 0 Å². The molecule has 0 spiro atoms. The van der Waals surface area contributed by atoms with Gasteiger partial charge in [0.2, 0.25) is 8.32 Å². The van der Waals surface area contributed by atoms with E-state index in [-0.39, 0.29) is 0 Å². The van der Waals surface area contributed by atoms with Gasteiger partial charge in [0.25, 0.3) is 0 Å². The molecular formula is C16H34O2Si. The van der Waals surface area contributed by atoms with Crippen molar-refractivity contribution in [2.75, 3.05) is 13.2 Å². The van der Waals surface area contributed by atoms with Gasteiger partial charge in [-0.25, -0.2) is 0 Å². The molecule has 3 heteroatoms. The highest BCUT2D eigenvalue weighted by molar-refractivity contribution is 6.77. The smallest absolute Gasteiger partial charge is 0.200 e. The standard InChI is InChI=1S/C16H34O2Si/c1-8-9-11-17-12-10-13-18-19(14(2)3,15(4)5)16(6)7/h10,12,14-16H,8-9,11,13H2,1-7H3. The van der Waals surface area contributed by atoms with Gasteiger partial charge in [0.1, 0.15) is 0 Å². The molecule has 0 atom stereocenters. The second-order valence-corrected chi connectivity index (χ2v) is 11.7. The van der Waals surface area contributed by atoms with Gasteiger partial charge in [0.05, 0.1) is 19.5 Å². The normalized spacial score (nSPS) is 13.2. The molecule has 0 fully saturated rings. The van der Waals surface area contributed by atoms with E-state index in [9.17, 15) is 0 Å². The molecule has 0 aromatic rings. The zero-order valence-corrected chi connectivity index (χ0v) is 15.0. The zero-order valence-electron chi connectivity index (χ0n) is 14.0. The molecule has 0 saturated carbocycles. The molecule has 0 aliphatic heterocycles. The lowest BCUT2D eigenvalue weighted by atomic mass is 10.4. The van der Waals surface area contributed by atoms with Crippen LogP contribution in [0, 0.1) is 0 Å². The van der Waals surface area contributed by atoms with Gasteiger partial charge in [0.15, 0.2) is 0 Å². The second-order valence-electron chi connectivity index (χ2n) is 6.22. The molecule has 0 saturated heterocycles. The van der Waals surface area contributed by atoms with Crippen LogP contribution in [0.2, 0.25) is 16.6 Å². The molecule has 0 bridgehead atoms. The summed E-state index contributed by atoms with van der Waals surface area (Å²) < 4.78 is 11.8. The first-order valence-electron chi connectivity index (χ1n) is 7.80. The van der Waals surface area contributed by atoms with Crippen LogP contribution in [-0.2, 0) is 9.16 Å². The highest BCUT2D eigenvalue weighted by Gasteiger charge is 2.44. The summed E-state index contributed by atoms with van der Waals surface area (Å²) in [7, 11) is -1.71. The lowest BCUT2D eigenvalue weighted by Gasteiger charge is -2.41. The van der Waals surface area contributed by atoms with Gasteiger partial charge in [-0.15, -0.1) is 0 Å². The predicted molar refractivity (Wildman–Crippen MR) is 87.0 cm³/mol. The minimum atomic E-state index is -1.71. The Balaban J connectivity index is 4.36. The summed E-state index contributed by atoms with van der Waals surface area (Å²) in [4.78, 5) is 0.